The SMILES string of the molecule is CNCCC1CCN(C(=O)c2c(Cl)cccc2[N+](=O)[O-])CC1.Cl. The number of amides is 1. The molecule has 0 bridgehead atoms. The Kier molecular flexibility index (Phi) is 7.75. The molecule has 8 heteroatoms. The number of nitro groups is 1. The first-order valence-corrected chi connectivity index (χ1v) is 7.79. The molecule has 1 aromatic rings. The van der Waals surface area contributed by atoms with Crippen LogP contribution in [0, 0.1) is 16.0 Å². The lowest BCUT2D eigenvalue weighted by molar-refractivity contribution is -0.385. The standard InChI is InChI=1S/C15H20ClN3O3.ClH/c1-17-8-5-11-6-9-18(10-7-11)15(20)14-12(16)3-2-4-13(14)19(21)22;/h2-4,11,17H,5-10H2,1H3;1H. The summed E-state index contributed by atoms with van der Waals surface area (Å²) in [6.45, 7) is 2.21. The van der Waals surface area contributed by atoms with E-state index in [9.17, 15) is 14.9 Å². The Bertz CT molecular complexity index is 561. The molecule has 1 amide bonds. The van der Waals surface area contributed by atoms with E-state index < -0.39 is 4.92 Å². The number of rotatable bonds is 5. The highest BCUT2D eigenvalue weighted by atomic mass is 35.5. The third-order valence-electron chi connectivity index (χ3n) is 4.11. The lowest BCUT2D eigenvalue weighted by atomic mass is 9.93. The molecule has 1 fully saturated rings. The molecule has 23 heavy (non-hydrogen) atoms. The number of carbonyl (C=O) groups is 1. The summed E-state index contributed by atoms with van der Waals surface area (Å²) in [7, 11) is 1.93. The number of halogens is 2. The molecule has 0 radical (unpaired) electrons. The highest BCUT2D eigenvalue weighted by Gasteiger charge is 2.29. The maximum absolute atomic E-state index is 12.6. The first-order chi connectivity index (χ1) is 10.5. The van der Waals surface area contributed by atoms with E-state index in [1.807, 2.05) is 7.05 Å². The summed E-state index contributed by atoms with van der Waals surface area (Å²) in [5.74, 6) is 0.252. The number of carbonyl (C=O) groups excluding carboxylic acids is 1. The zero-order chi connectivity index (χ0) is 16.1. The Morgan fingerprint density at radius 1 is 1.43 bits per heavy atom. The van der Waals surface area contributed by atoms with E-state index in [0.717, 1.165) is 25.8 Å². The van der Waals surface area contributed by atoms with E-state index in [0.29, 0.717) is 19.0 Å². The Morgan fingerprint density at radius 2 is 2.09 bits per heavy atom. The summed E-state index contributed by atoms with van der Waals surface area (Å²) in [5, 5.41) is 14.4. The number of piperidine rings is 1. The van der Waals surface area contributed by atoms with Crippen LogP contribution in [-0.4, -0.2) is 42.4 Å². The highest BCUT2D eigenvalue weighted by Crippen LogP contribution is 2.29. The molecule has 0 aliphatic carbocycles. The fourth-order valence-corrected chi connectivity index (χ4v) is 3.06. The van der Waals surface area contributed by atoms with Crippen molar-refractivity contribution in [1.29, 1.82) is 0 Å². The summed E-state index contributed by atoms with van der Waals surface area (Å²) in [6, 6.07) is 4.32. The van der Waals surface area contributed by atoms with Crippen molar-refractivity contribution in [3.05, 3.63) is 38.9 Å². The van der Waals surface area contributed by atoms with Gasteiger partial charge in [0.15, 0.2) is 0 Å². The third kappa shape index (κ3) is 4.80. The second-order valence-electron chi connectivity index (χ2n) is 5.52. The second kappa shape index (κ2) is 9.05. The van der Waals surface area contributed by atoms with E-state index in [-0.39, 0.29) is 34.6 Å². The van der Waals surface area contributed by atoms with Crippen molar-refractivity contribution in [2.45, 2.75) is 19.3 Å². The largest absolute Gasteiger partial charge is 0.338 e. The first kappa shape index (κ1) is 19.7. The summed E-state index contributed by atoms with van der Waals surface area (Å²) < 4.78 is 0. The molecule has 6 nitrogen and oxygen atoms in total. The predicted octanol–water partition coefficient (Wildman–Crippen LogP) is 3.13. The molecule has 0 spiro atoms. The fourth-order valence-electron chi connectivity index (χ4n) is 2.81. The van der Waals surface area contributed by atoms with Gasteiger partial charge in [-0.25, -0.2) is 0 Å². The molecule has 0 atom stereocenters. The first-order valence-electron chi connectivity index (χ1n) is 7.41. The van der Waals surface area contributed by atoms with Crippen molar-refractivity contribution in [3.63, 3.8) is 0 Å². The van der Waals surface area contributed by atoms with E-state index in [2.05, 4.69) is 5.32 Å². The Morgan fingerprint density at radius 3 is 2.65 bits per heavy atom. The molecule has 2 rings (SSSR count). The lowest BCUT2D eigenvalue weighted by Crippen LogP contribution is -2.39. The van der Waals surface area contributed by atoms with Crippen molar-refractivity contribution in [2.24, 2.45) is 5.92 Å². The van der Waals surface area contributed by atoms with Crippen LogP contribution in [-0.2, 0) is 0 Å². The van der Waals surface area contributed by atoms with Gasteiger partial charge in [-0.05, 0) is 44.8 Å². The van der Waals surface area contributed by atoms with Gasteiger partial charge in [-0.15, -0.1) is 12.4 Å². The zero-order valence-corrected chi connectivity index (χ0v) is 14.5. The van der Waals surface area contributed by atoms with Gasteiger partial charge >= 0.3 is 0 Å². The Hall–Kier alpha value is -1.37. The molecule has 1 aliphatic heterocycles. The molecule has 128 valence electrons. The molecular formula is C15H21Cl2N3O3. The number of hydrogen-bond donors (Lipinski definition) is 1. The average molecular weight is 362 g/mol. The zero-order valence-electron chi connectivity index (χ0n) is 13.0. The van der Waals surface area contributed by atoms with Crippen LogP contribution in [0.1, 0.15) is 29.6 Å². The topological polar surface area (TPSA) is 75.5 Å². The Labute approximate surface area is 146 Å². The van der Waals surface area contributed by atoms with Crippen molar-refractivity contribution in [3.8, 4) is 0 Å². The lowest BCUT2D eigenvalue weighted by Gasteiger charge is -2.32. The molecule has 1 aromatic carbocycles. The van der Waals surface area contributed by atoms with Crippen LogP contribution in [0.3, 0.4) is 0 Å². The van der Waals surface area contributed by atoms with Gasteiger partial charge in [-0.1, -0.05) is 17.7 Å². The smallest absolute Gasteiger partial charge is 0.283 e. The van der Waals surface area contributed by atoms with Crippen molar-refractivity contribution in [1.82, 2.24) is 10.2 Å². The summed E-state index contributed by atoms with van der Waals surface area (Å²) in [5.41, 5.74) is -0.224. The number of nitrogens with zero attached hydrogens (tertiary/aromatic N) is 2. The van der Waals surface area contributed by atoms with Crippen LogP contribution < -0.4 is 5.32 Å². The number of nitro benzene ring substituents is 1. The van der Waals surface area contributed by atoms with Gasteiger partial charge < -0.3 is 10.2 Å². The van der Waals surface area contributed by atoms with E-state index in [1.165, 1.54) is 18.2 Å². The summed E-state index contributed by atoms with van der Waals surface area (Å²) in [4.78, 5) is 24.8. The van der Waals surface area contributed by atoms with Crippen molar-refractivity contribution in [2.75, 3.05) is 26.7 Å². The van der Waals surface area contributed by atoms with Gasteiger partial charge in [0.2, 0.25) is 0 Å². The Balaban J connectivity index is 0.00000264. The van der Waals surface area contributed by atoms with Crippen molar-refractivity contribution < 1.29 is 9.72 Å². The second-order valence-corrected chi connectivity index (χ2v) is 5.93. The fraction of sp³-hybridized carbons (Fsp3) is 0.533. The minimum atomic E-state index is -0.557. The maximum atomic E-state index is 12.6. The minimum Gasteiger partial charge on any atom is -0.338 e. The molecule has 1 N–H and O–H groups in total. The van der Waals surface area contributed by atoms with Crippen LogP contribution in [0.5, 0.6) is 0 Å². The predicted molar refractivity (Wildman–Crippen MR) is 92.5 cm³/mol. The molecule has 1 heterocycles. The van der Waals surface area contributed by atoms with Gasteiger partial charge in [0.1, 0.15) is 5.56 Å². The highest BCUT2D eigenvalue weighted by molar-refractivity contribution is 6.34. The molecule has 0 aromatic heterocycles. The molecule has 1 saturated heterocycles. The molecule has 0 saturated carbocycles. The number of nitrogens with one attached hydrogen (secondary N) is 1. The molecule has 1 aliphatic rings. The van der Waals surface area contributed by atoms with Gasteiger partial charge in [0.25, 0.3) is 11.6 Å². The van der Waals surface area contributed by atoms with Gasteiger partial charge in [-0.3, -0.25) is 14.9 Å². The van der Waals surface area contributed by atoms with E-state index in [4.69, 9.17) is 11.6 Å². The monoisotopic (exact) mass is 361 g/mol. The quantitative estimate of drug-likeness (QED) is 0.645. The average Bonchev–Trinajstić information content (AvgIpc) is 2.52. The van der Waals surface area contributed by atoms with Crippen LogP contribution in [0.4, 0.5) is 5.69 Å². The molecule has 0 unspecified atom stereocenters. The molecular weight excluding hydrogens is 341 g/mol. The van der Waals surface area contributed by atoms with Gasteiger partial charge in [0, 0.05) is 19.2 Å². The van der Waals surface area contributed by atoms with Crippen LogP contribution >= 0.6 is 24.0 Å². The third-order valence-corrected chi connectivity index (χ3v) is 4.42. The number of hydrogen-bond acceptors (Lipinski definition) is 4. The minimum absolute atomic E-state index is 0. The number of benzene rings is 1. The summed E-state index contributed by atoms with van der Waals surface area (Å²) in [6.07, 6.45) is 2.93. The van der Waals surface area contributed by atoms with Crippen LogP contribution in [0.2, 0.25) is 5.02 Å². The van der Waals surface area contributed by atoms with Gasteiger partial charge in [0.05, 0.1) is 9.95 Å². The van der Waals surface area contributed by atoms with Crippen molar-refractivity contribution >= 4 is 35.6 Å². The van der Waals surface area contributed by atoms with Crippen LogP contribution in [0.15, 0.2) is 18.2 Å². The van der Waals surface area contributed by atoms with Gasteiger partial charge in [-0.2, -0.15) is 0 Å². The normalized spacial score (nSPS) is 15.1. The van der Waals surface area contributed by atoms with E-state index in [1.54, 1.807) is 4.90 Å². The van der Waals surface area contributed by atoms with Crippen LogP contribution in [0.25, 0.3) is 0 Å². The summed E-state index contributed by atoms with van der Waals surface area (Å²) >= 11 is 6.02. The number of likely N-dealkylation sites (tertiary alicyclic amines) is 1. The van der Waals surface area contributed by atoms with E-state index >= 15 is 0 Å². The maximum Gasteiger partial charge on any atom is 0.283 e.